The smallest absolute Gasteiger partial charge is 0.115 e. The molecule has 4 heteroatoms. The number of aromatic nitrogens is 1. The van der Waals surface area contributed by atoms with Gasteiger partial charge in [-0.25, -0.2) is 4.98 Å². The molecule has 0 amide bonds. The zero-order chi connectivity index (χ0) is 15.6. The Labute approximate surface area is 136 Å². The predicted octanol–water partition coefficient (Wildman–Crippen LogP) is 5.07. The van der Waals surface area contributed by atoms with Crippen LogP contribution in [0.1, 0.15) is 66.0 Å². The monoisotopic (exact) mass is 322 g/mol. The minimum absolute atomic E-state index is 0.215. The van der Waals surface area contributed by atoms with Gasteiger partial charge in [0.1, 0.15) is 5.01 Å². The van der Waals surface area contributed by atoms with Gasteiger partial charge in [-0.2, -0.15) is 0 Å². The van der Waals surface area contributed by atoms with Gasteiger partial charge in [0, 0.05) is 14.6 Å². The van der Waals surface area contributed by atoms with Gasteiger partial charge >= 0.3 is 0 Å². The molecule has 0 aliphatic rings. The molecular formula is C17H26N2S2. The van der Waals surface area contributed by atoms with Crippen LogP contribution in [0.4, 0.5) is 0 Å². The average molecular weight is 323 g/mol. The van der Waals surface area contributed by atoms with Crippen LogP contribution >= 0.6 is 22.7 Å². The summed E-state index contributed by atoms with van der Waals surface area (Å²) in [4.78, 5) is 9.02. The van der Waals surface area contributed by atoms with Crippen LogP contribution in [0.5, 0.6) is 0 Å². The van der Waals surface area contributed by atoms with Gasteiger partial charge in [-0.05, 0) is 37.4 Å². The Morgan fingerprint density at radius 3 is 2.38 bits per heavy atom. The molecule has 21 heavy (non-hydrogen) atoms. The highest BCUT2D eigenvalue weighted by atomic mass is 32.1. The first kappa shape index (κ1) is 16.7. The lowest BCUT2D eigenvalue weighted by atomic mass is 9.95. The number of nitrogens with one attached hydrogen (secondary N) is 1. The summed E-state index contributed by atoms with van der Waals surface area (Å²) >= 11 is 3.74. The fraction of sp³-hybridized carbons (Fsp3) is 0.588. The Balaban J connectivity index is 2.36. The molecule has 0 radical (unpaired) electrons. The Hall–Kier alpha value is -0.710. The molecule has 2 heterocycles. The Bertz CT molecular complexity index is 590. The number of hydrogen-bond donors (Lipinski definition) is 1. The van der Waals surface area contributed by atoms with Crippen molar-refractivity contribution in [1.82, 2.24) is 10.3 Å². The van der Waals surface area contributed by atoms with Gasteiger partial charge in [-0.15, -0.1) is 22.7 Å². The van der Waals surface area contributed by atoms with Crippen LogP contribution in [0.25, 0.3) is 0 Å². The van der Waals surface area contributed by atoms with Gasteiger partial charge in [0.15, 0.2) is 0 Å². The van der Waals surface area contributed by atoms with Gasteiger partial charge < -0.3 is 5.32 Å². The third-order valence-electron chi connectivity index (χ3n) is 3.55. The van der Waals surface area contributed by atoms with Crippen molar-refractivity contribution in [1.29, 1.82) is 0 Å². The summed E-state index contributed by atoms with van der Waals surface area (Å²) in [6, 6.07) is 4.77. The topological polar surface area (TPSA) is 24.9 Å². The van der Waals surface area contributed by atoms with E-state index in [1.165, 1.54) is 25.3 Å². The Morgan fingerprint density at radius 2 is 1.90 bits per heavy atom. The standard InChI is InChI=1S/C17H26N2S2/c1-7-12-11(3)20-16(19-12)15(18-8-2)13-9-10-14(21-13)17(4,5)6/h9-10,15,18H,7-8H2,1-6H3. The van der Waals surface area contributed by atoms with Crippen LogP contribution in [0.2, 0.25) is 0 Å². The van der Waals surface area contributed by atoms with Crippen LogP contribution in [0.3, 0.4) is 0 Å². The molecule has 0 saturated carbocycles. The van der Waals surface area contributed by atoms with Gasteiger partial charge in [-0.3, -0.25) is 0 Å². The summed E-state index contributed by atoms with van der Waals surface area (Å²) in [5, 5.41) is 4.81. The van der Waals surface area contributed by atoms with Crippen molar-refractivity contribution in [3.63, 3.8) is 0 Å². The molecule has 0 spiro atoms. The molecule has 1 unspecified atom stereocenters. The Morgan fingerprint density at radius 1 is 1.19 bits per heavy atom. The molecule has 0 aliphatic heterocycles. The maximum Gasteiger partial charge on any atom is 0.115 e. The fourth-order valence-corrected chi connectivity index (χ4v) is 4.65. The summed E-state index contributed by atoms with van der Waals surface area (Å²) in [6.07, 6.45) is 1.01. The summed E-state index contributed by atoms with van der Waals surface area (Å²) in [7, 11) is 0. The number of hydrogen-bond acceptors (Lipinski definition) is 4. The largest absolute Gasteiger partial charge is 0.304 e. The molecular weight excluding hydrogens is 296 g/mol. The van der Waals surface area contributed by atoms with Gasteiger partial charge in [-0.1, -0.05) is 34.6 Å². The molecule has 0 aliphatic carbocycles. The van der Waals surface area contributed by atoms with Gasteiger partial charge in [0.25, 0.3) is 0 Å². The first-order valence-electron chi connectivity index (χ1n) is 7.66. The molecule has 2 aromatic heterocycles. The molecule has 2 nitrogen and oxygen atoms in total. The number of aryl methyl sites for hydroxylation is 2. The van der Waals surface area contributed by atoms with Crippen molar-refractivity contribution in [2.75, 3.05) is 6.54 Å². The van der Waals surface area contributed by atoms with Crippen molar-refractivity contribution in [2.45, 2.75) is 59.4 Å². The number of nitrogens with zero attached hydrogens (tertiary/aromatic N) is 1. The van der Waals surface area contributed by atoms with Crippen molar-refractivity contribution < 1.29 is 0 Å². The molecule has 2 aromatic rings. The van der Waals surface area contributed by atoms with E-state index in [1.54, 1.807) is 0 Å². The highest BCUT2D eigenvalue weighted by molar-refractivity contribution is 7.13. The molecule has 1 N–H and O–H groups in total. The van der Waals surface area contributed by atoms with Crippen molar-refractivity contribution in [3.05, 3.63) is 37.5 Å². The molecule has 0 aromatic carbocycles. The van der Waals surface area contributed by atoms with Crippen LogP contribution in [0, 0.1) is 6.92 Å². The van der Waals surface area contributed by atoms with E-state index in [4.69, 9.17) is 4.98 Å². The second-order valence-corrected chi connectivity index (χ2v) is 8.70. The highest BCUT2D eigenvalue weighted by Crippen LogP contribution is 2.36. The lowest BCUT2D eigenvalue weighted by Gasteiger charge is -2.17. The maximum absolute atomic E-state index is 4.86. The van der Waals surface area contributed by atoms with E-state index in [0.29, 0.717) is 0 Å². The molecule has 1 atom stereocenters. The highest BCUT2D eigenvalue weighted by Gasteiger charge is 2.23. The van der Waals surface area contributed by atoms with Crippen LogP contribution < -0.4 is 5.32 Å². The van der Waals surface area contributed by atoms with E-state index in [9.17, 15) is 0 Å². The molecule has 116 valence electrons. The third kappa shape index (κ3) is 3.74. The van der Waals surface area contributed by atoms with E-state index < -0.39 is 0 Å². The summed E-state index contributed by atoms with van der Waals surface area (Å²) in [6.45, 7) is 14.3. The van der Waals surface area contributed by atoms with E-state index in [0.717, 1.165) is 13.0 Å². The minimum atomic E-state index is 0.215. The van der Waals surface area contributed by atoms with Crippen molar-refractivity contribution in [2.24, 2.45) is 0 Å². The van der Waals surface area contributed by atoms with Gasteiger partial charge in [0.05, 0.1) is 11.7 Å². The molecule has 0 saturated heterocycles. The zero-order valence-electron chi connectivity index (χ0n) is 13.9. The zero-order valence-corrected chi connectivity index (χ0v) is 15.5. The lowest BCUT2D eigenvalue weighted by molar-refractivity contribution is 0.604. The SMILES string of the molecule is CCNC(c1ccc(C(C)(C)C)s1)c1nc(CC)c(C)s1. The first-order valence-corrected chi connectivity index (χ1v) is 9.29. The van der Waals surface area contributed by atoms with E-state index in [-0.39, 0.29) is 11.5 Å². The van der Waals surface area contributed by atoms with E-state index >= 15 is 0 Å². The second kappa shape index (κ2) is 6.59. The molecule has 0 fully saturated rings. The summed E-state index contributed by atoms with van der Waals surface area (Å²) in [5.41, 5.74) is 1.46. The predicted molar refractivity (Wildman–Crippen MR) is 94.8 cm³/mol. The second-order valence-electron chi connectivity index (χ2n) is 6.35. The van der Waals surface area contributed by atoms with Crippen LogP contribution in [-0.2, 0) is 11.8 Å². The van der Waals surface area contributed by atoms with Crippen LogP contribution in [0.15, 0.2) is 12.1 Å². The number of rotatable bonds is 5. The maximum atomic E-state index is 4.86. The van der Waals surface area contributed by atoms with Crippen molar-refractivity contribution >= 4 is 22.7 Å². The number of thiazole rings is 1. The van der Waals surface area contributed by atoms with Crippen molar-refractivity contribution in [3.8, 4) is 0 Å². The Kier molecular flexibility index (Phi) is 5.23. The quantitative estimate of drug-likeness (QED) is 0.831. The molecule has 2 rings (SSSR count). The lowest BCUT2D eigenvalue weighted by Crippen LogP contribution is -2.21. The number of thiophene rings is 1. The normalized spacial score (nSPS) is 13.6. The minimum Gasteiger partial charge on any atom is -0.304 e. The van der Waals surface area contributed by atoms with Gasteiger partial charge in [0.2, 0.25) is 0 Å². The van der Waals surface area contributed by atoms with Crippen LogP contribution in [-0.4, -0.2) is 11.5 Å². The fourth-order valence-electron chi connectivity index (χ4n) is 2.33. The van der Waals surface area contributed by atoms with E-state index in [2.05, 4.69) is 59.0 Å². The average Bonchev–Trinajstić information content (AvgIpc) is 3.02. The summed E-state index contributed by atoms with van der Waals surface area (Å²) in [5.74, 6) is 0. The first-order chi connectivity index (χ1) is 9.86. The summed E-state index contributed by atoms with van der Waals surface area (Å²) < 4.78 is 0. The van der Waals surface area contributed by atoms with E-state index in [1.807, 2.05) is 22.7 Å². The third-order valence-corrected chi connectivity index (χ3v) is 6.20. The molecule has 0 bridgehead atoms.